The van der Waals surface area contributed by atoms with Crippen molar-refractivity contribution in [3.63, 3.8) is 0 Å². The van der Waals surface area contributed by atoms with E-state index in [0.717, 1.165) is 38.1 Å². The lowest BCUT2D eigenvalue weighted by Crippen LogP contribution is -2.59. The number of carbonyl (C=O) groups is 1. The van der Waals surface area contributed by atoms with E-state index < -0.39 is 5.54 Å². The van der Waals surface area contributed by atoms with Crippen molar-refractivity contribution >= 4 is 5.91 Å². The first-order valence-corrected chi connectivity index (χ1v) is 8.90. The lowest BCUT2D eigenvalue weighted by molar-refractivity contribution is -0.142. The average molecular weight is 332 g/mol. The molecule has 2 fully saturated rings. The van der Waals surface area contributed by atoms with Gasteiger partial charge >= 0.3 is 0 Å². The van der Waals surface area contributed by atoms with E-state index in [2.05, 4.69) is 12.1 Å². The molecule has 0 aromatic heterocycles. The number of carbonyl (C=O) groups excluding carboxylic acids is 1. The second kappa shape index (κ2) is 7.53. The highest BCUT2D eigenvalue weighted by Gasteiger charge is 2.39. The van der Waals surface area contributed by atoms with Gasteiger partial charge in [-0.25, -0.2) is 0 Å². The molecule has 132 valence electrons. The third-order valence-electron chi connectivity index (χ3n) is 5.40. The largest absolute Gasteiger partial charge is 0.497 e. The van der Waals surface area contributed by atoms with Gasteiger partial charge in [0.2, 0.25) is 5.91 Å². The molecule has 1 aromatic carbocycles. The van der Waals surface area contributed by atoms with E-state index in [4.69, 9.17) is 15.2 Å². The summed E-state index contributed by atoms with van der Waals surface area (Å²) in [6.45, 7) is 2.82. The summed E-state index contributed by atoms with van der Waals surface area (Å²) in [6.07, 6.45) is 4.43. The Kier molecular flexibility index (Phi) is 5.41. The van der Waals surface area contributed by atoms with Gasteiger partial charge in [-0.2, -0.15) is 0 Å². The Morgan fingerprint density at radius 3 is 2.46 bits per heavy atom. The Labute approximate surface area is 144 Å². The minimum atomic E-state index is -0.707. The van der Waals surface area contributed by atoms with Crippen LogP contribution in [0.5, 0.6) is 5.75 Å². The van der Waals surface area contributed by atoms with Crippen molar-refractivity contribution in [2.45, 2.75) is 37.6 Å². The number of benzene rings is 1. The molecule has 2 aliphatic rings. The van der Waals surface area contributed by atoms with Crippen LogP contribution in [-0.4, -0.2) is 49.8 Å². The van der Waals surface area contributed by atoms with Gasteiger partial charge in [0.05, 0.1) is 12.6 Å². The summed E-state index contributed by atoms with van der Waals surface area (Å²) in [6, 6.07) is 8.29. The standard InChI is InChI=1S/C19H28N2O3/c1-23-17-4-2-15(3-5-17)14-16-6-10-21(11-7-16)18(22)19(20)8-12-24-13-9-19/h2-5,16H,6-14,20H2,1H3. The molecule has 0 aliphatic carbocycles. The Bertz CT molecular complexity index is 544. The zero-order valence-corrected chi connectivity index (χ0v) is 14.5. The Hall–Kier alpha value is -1.59. The lowest BCUT2D eigenvalue weighted by atomic mass is 9.86. The van der Waals surface area contributed by atoms with Crippen molar-refractivity contribution in [3.05, 3.63) is 29.8 Å². The van der Waals surface area contributed by atoms with E-state index in [1.54, 1.807) is 7.11 Å². The maximum Gasteiger partial charge on any atom is 0.242 e. The summed E-state index contributed by atoms with van der Waals surface area (Å²) < 4.78 is 10.5. The maximum atomic E-state index is 12.7. The van der Waals surface area contributed by atoms with Crippen molar-refractivity contribution < 1.29 is 14.3 Å². The van der Waals surface area contributed by atoms with Crippen LogP contribution < -0.4 is 10.5 Å². The van der Waals surface area contributed by atoms with Crippen LogP contribution in [0.3, 0.4) is 0 Å². The summed E-state index contributed by atoms with van der Waals surface area (Å²) in [7, 11) is 1.68. The number of hydrogen-bond acceptors (Lipinski definition) is 4. The second-order valence-corrected chi connectivity index (χ2v) is 7.06. The number of likely N-dealkylation sites (tertiary alicyclic amines) is 1. The highest BCUT2D eigenvalue weighted by atomic mass is 16.5. The van der Waals surface area contributed by atoms with Gasteiger partial charge in [0, 0.05) is 26.3 Å². The number of amides is 1. The zero-order chi connectivity index (χ0) is 17.0. The van der Waals surface area contributed by atoms with Gasteiger partial charge in [-0.3, -0.25) is 4.79 Å². The second-order valence-electron chi connectivity index (χ2n) is 7.06. The van der Waals surface area contributed by atoms with E-state index in [1.165, 1.54) is 5.56 Å². The fourth-order valence-electron chi connectivity index (χ4n) is 3.70. The molecule has 5 nitrogen and oxygen atoms in total. The Morgan fingerprint density at radius 1 is 1.25 bits per heavy atom. The van der Waals surface area contributed by atoms with E-state index in [0.29, 0.717) is 32.0 Å². The topological polar surface area (TPSA) is 64.8 Å². The average Bonchev–Trinajstić information content (AvgIpc) is 2.63. The van der Waals surface area contributed by atoms with Gasteiger partial charge in [-0.1, -0.05) is 12.1 Å². The quantitative estimate of drug-likeness (QED) is 0.916. The number of methoxy groups -OCH3 is 1. The normalized spacial score (nSPS) is 21.5. The number of hydrogen-bond donors (Lipinski definition) is 1. The fraction of sp³-hybridized carbons (Fsp3) is 0.632. The van der Waals surface area contributed by atoms with Crippen LogP contribution in [0.25, 0.3) is 0 Å². The van der Waals surface area contributed by atoms with E-state index in [-0.39, 0.29) is 5.91 Å². The molecule has 24 heavy (non-hydrogen) atoms. The molecule has 2 aliphatic heterocycles. The van der Waals surface area contributed by atoms with Crippen LogP contribution in [0.15, 0.2) is 24.3 Å². The molecule has 3 rings (SSSR count). The first-order valence-electron chi connectivity index (χ1n) is 8.90. The molecule has 0 radical (unpaired) electrons. The van der Waals surface area contributed by atoms with Crippen LogP contribution in [-0.2, 0) is 16.0 Å². The third kappa shape index (κ3) is 3.90. The molecular weight excluding hydrogens is 304 g/mol. The first kappa shape index (κ1) is 17.2. The number of rotatable bonds is 4. The number of piperidine rings is 1. The molecule has 2 heterocycles. The molecule has 1 amide bonds. The molecule has 1 aromatic rings. The number of nitrogens with zero attached hydrogens (tertiary/aromatic N) is 1. The first-order chi connectivity index (χ1) is 11.6. The Balaban J connectivity index is 1.50. The summed E-state index contributed by atoms with van der Waals surface area (Å²) >= 11 is 0. The summed E-state index contributed by atoms with van der Waals surface area (Å²) in [4.78, 5) is 14.7. The molecule has 2 N–H and O–H groups in total. The van der Waals surface area contributed by atoms with Crippen molar-refractivity contribution in [2.24, 2.45) is 11.7 Å². The minimum Gasteiger partial charge on any atom is -0.497 e. The predicted molar refractivity (Wildman–Crippen MR) is 93.0 cm³/mol. The fourth-order valence-corrected chi connectivity index (χ4v) is 3.70. The molecule has 0 unspecified atom stereocenters. The van der Waals surface area contributed by atoms with Gasteiger partial charge in [-0.15, -0.1) is 0 Å². The van der Waals surface area contributed by atoms with Crippen molar-refractivity contribution in [3.8, 4) is 5.75 Å². The van der Waals surface area contributed by atoms with E-state index in [1.807, 2.05) is 17.0 Å². The predicted octanol–water partition coefficient (Wildman–Crippen LogP) is 1.98. The molecule has 0 saturated carbocycles. The van der Waals surface area contributed by atoms with Gasteiger partial charge in [0.1, 0.15) is 5.75 Å². The molecule has 0 spiro atoms. The molecular formula is C19H28N2O3. The van der Waals surface area contributed by atoms with Crippen LogP contribution >= 0.6 is 0 Å². The summed E-state index contributed by atoms with van der Waals surface area (Å²) in [5, 5.41) is 0. The van der Waals surface area contributed by atoms with Crippen LogP contribution in [0.4, 0.5) is 0 Å². The van der Waals surface area contributed by atoms with Gasteiger partial charge in [0.25, 0.3) is 0 Å². The van der Waals surface area contributed by atoms with E-state index >= 15 is 0 Å². The maximum absolute atomic E-state index is 12.7. The molecule has 2 saturated heterocycles. The molecule has 5 heteroatoms. The van der Waals surface area contributed by atoms with Crippen LogP contribution in [0, 0.1) is 5.92 Å². The highest BCUT2D eigenvalue weighted by Crippen LogP contribution is 2.26. The van der Waals surface area contributed by atoms with Crippen LogP contribution in [0.2, 0.25) is 0 Å². The zero-order valence-electron chi connectivity index (χ0n) is 14.5. The summed E-state index contributed by atoms with van der Waals surface area (Å²) in [5.74, 6) is 1.64. The highest BCUT2D eigenvalue weighted by molar-refractivity contribution is 5.86. The smallest absolute Gasteiger partial charge is 0.242 e. The van der Waals surface area contributed by atoms with Crippen LogP contribution in [0.1, 0.15) is 31.2 Å². The van der Waals surface area contributed by atoms with E-state index in [9.17, 15) is 4.79 Å². The van der Waals surface area contributed by atoms with Crippen molar-refractivity contribution in [1.29, 1.82) is 0 Å². The molecule has 0 bridgehead atoms. The SMILES string of the molecule is COc1ccc(CC2CCN(C(=O)C3(N)CCOCC3)CC2)cc1. The van der Waals surface area contributed by atoms with Gasteiger partial charge < -0.3 is 20.1 Å². The Morgan fingerprint density at radius 2 is 1.88 bits per heavy atom. The molecule has 0 atom stereocenters. The number of nitrogens with two attached hydrogens (primary N) is 1. The lowest BCUT2D eigenvalue weighted by Gasteiger charge is -2.40. The van der Waals surface area contributed by atoms with Gasteiger partial charge in [-0.05, 0) is 55.7 Å². The van der Waals surface area contributed by atoms with Crippen molar-refractivity contribution in [1.82, 2.24) is 4.90 Å². The summed E-state index contributed by atoms with van der Waals surface area (Å²) in [5.41, 5.74) is 6.96. The van der Waals surface area contributed by atoms with Crippen molar-refractivity contribution in [2.75, 3.05) is 33.4 Å². The minimum absolute atomic E-state index is 0.119. The van der Waals surface area contributed by atoms with Gasteiger partial charge in [0.15, 0.2) is 0 Å². The third-order valence-corrected chi connectivity index (χ3v) is 5.40. The number of ether oxygens (including phenoxy) is 2. The monoisotopic (exact) mass is 332 g/mol.